The van der Waals surface area contributed by atoms with Crippen LogP contribution in [0.5, 0.6) is 17.4 Å². The first-order valence-electron chi connectivity index (χ1n) is 9.20. The van der Waals surface area contributed by atoms with Crippen LogP contribution < -0.4 is 14.2 Å². The Kier molecular flexibility index (Phi) is 5.82. The third-order valence-electron chi connectivity index (χ3n) is 4.50. The monoisotopic (exact) mass is 392 g/mol. The molecule has 0 saturated heterocycles. The molecule has 0 N–H and O–H groups in total. The number of rotatable bonds is 5. The molecular weight excluding hydrogens is 368 g/mol. The minimum absolute atomic E-state index is 0.0217. The van der Waals surface area contributed by atoms with Gasteiger partial charge in [0.2, 0.25) is 5.88 Å². The number of ether oxygens (including phenoxy) is 3. The SMILES string of the molecule is COc1ccc(-c2ccc(OC(=O)c3ccc(C(C)(C)C)cc3)nn2)cc1OC. The molecule has 0 fully saturated rings. The van der Waals surface area contributed by atoms with Crippen LogP contribution in [0.15, 0.2) is 54.6 Å². The molecule has 3 rings (SSSR count). The predicted octanol–water partition coefficient (Wildman–Crippen LogP) is 4.68. The van der Waals surface area contributed by atoms with Crippen LogP contribution >= 0.6 is 0 Å². The maximum absolute atomic E-state index is 12.4. The van der Waals surface area contributed by atoms with Gasteiger partial charge in [-0.15, -0.1) is 10.2 Å². The average Bonchev–Trinajstić information content (AvgIpc) is 2.73. The van der Waals surface area contributed by atoms with Crippen LogP contribution in [0.3, 0.4) is 0 Å². The number of benzene rings is 2. The Bertz CT molecular complexity index is 991. The van der Waals surface area contributed by atoms with E-state index in [1.165, 1.54) is 0 Å². The molecule has 1 aromatic heterocycles. The Morgan fingerprint density at radius 2 is 1.52 bits per heavy atom. The van der Waals surface area contributed by atoms with Crippen LogP contribution in [0.1, 0.15) is 36.7 Å². The Morgan fingerprint density at radius 1 is 0.828 bits per heavy atom. The molecule has 3 aromatic rings. The first-order chi connectivity index (χ1) is 13.8. The quantitative estimate of drug-likeness (QED) is 0.587. The van der Waals surface area contributed by atoms with Gasteiger partial charge in [-0.25, -0.2) is 4.79 Å². The summed E-state index contributed by atoms with van der Waals surface area (Å²) in [6, 6.07) is 16.2. The molecule has 0 bridgehead atoms. The maximum Gasteiger partial charge on any atom is 0.344 e. The lowest BCUT2D eigenvalue weighted by Gasteiger charge is -2.18. The second-order valence-corrected chi connectivity index (χ2v) is 7.54. The minimum Gasteiger partial charge on any atom is -0.493 e. The second-order valence-electron chi connectivity index (χ2n) is 7.54. The smallest absolute Gasteiger partial charge is 0.344 e. The van der Waals surface area contributed by atoms with Crippen molar-refractivity contribution in [2.24, 2.45) is 0 Å². The van der Waals surface area contributed by atoms with E-state index in [2.05, 4.69) is 31.0 Å². The molecule has 6 nitrogen and oxygen atoms in total. The van der Waals surface area contributed by atoms with Gasteiger partial charge < -0.3 is 14.2 Å². The van der Waals surface area contributed by atoms with Crippen LogP contribution in [0.25, 0.3) is 11.3 Å². The molecule has 6 heteroatoms. The van der Waals surface area contributed by atoms with Gasteiger partial charge in [0.25, 0.3) is 0 Å². The van der Waals surface area contributed by atoms with E-state index in [-0.39, 0.29) is 11.3 Å². The summed E-state index contributed by atoms with van der Waals surface area (Å²) in [4.78, 5) is 12.4. The number of hydrogen-bond acceptors (Lipinski definition) is 6. The number of methoxy groups -OCH3 is 2. The van der Waals surface area contributed by atoms with Crippen molar-refractivity contribution in [3.63, 3.8) is 0 Å². The topological polar surface area (TPSA) is 70.5 Å². The van der Waals surface area contributed by atoms with Crippen molar-refractivity contribution in [1.29, 1.82) is 0 Å². The highest BCUT2D eigenvalue weighted by molar-refractivity contribution is 5.90. The highest BCUT2D eigenvalue weighted by atomic mass is 16.5. The lowest BCUT2D eigenvalue weighted by Crippen LogP contribution is -2.13. The number of nitrogens with zero attached hydrogens (tertiary/aromatic N) is 2. The molecule has 0 aliphatic carbocycles. The van der Waals surface area contributed by atoms with Crippen molar-refractivity contribution >= 4 is 5.97 Å². The lowest BCUT2D eigenvalue weighted by atomic mass is 9.87. The molecule has 0 unspecified atom stereocenters. The van der Waals surface area contributed by atoms with Gasteiger partial charge in [0.1, 0.15) is 0 Å². The van der Waals surface area contributed by atoms with Crippen LogP contribution in [0.4, 0.5) is 0 Å². The van der Waals surface area contributed by atoms with Crippen LogP contribution in [-0.4, -0.2) is 30.4 Å². The Hall–Kier alpha value is -3.41. The Morgan fingerprint density at radius 3 is 2.07 bits per heavy atom. The molecule has 0 aliphatic rings. The standard InChI is InChI=1S/C23H24N2O4/c1-23(2,3)17-9-6-15(7-10-17)22(26)29-21-13-11-18(24-25-21)16-8-12-19(27-4)20(14-16)28-5/h6-14H,1-5H3. The zero-order chi connectivity index (χ0) is 21.0. The number of esters is 1. The normalized spacial score (nSPS) is 11.1. The molecule has 150 valence electrons. The van der Waals surface area contributed by atoms with E-state index >= 15 is 0 Å². The van der Waals surface area contributed by atoms with E-state index in [1.54, 1.807) is 44.6 Å². The number of carbonyl (C=O) groups excluding carboxylic acids is 1. The van der Waals surface area contributed by atoms with Gasteiger partial charge in [0.05, 0.1) is 25.5 Å². The number of aromatic nitrogens is 2. The van der Waals surface area contributed by atoms with Gasteiger partial charge in [0.15, 0.2) is 11.5 Å². The average molecular weight is 392 g/mol. The molecular formula is C23H24N2O4. The molecule has 0 aliphatic heterocycles. The van der Waals surface area contributed by atoms with Crippen molar-refractivity contribution < 1.29 is 19.0 Å². The molecule has 29 heavy (non-hydrogen) atoms. The molecule has 0 radical (unpaired) electrons. The fraction of sp³-hybridized carbons (Fsp3) is 0.261. The van der Waals surface area contributed by atoms with Crippen molar-refractivity contribution in [3.8, 4) is 28.6 Å². The highest BCUT2D eigenvalue weighted by Crippen LogP contribution is 2.31. The summed E-state index contributed by atoms with van der Waals surface area (Å²) in [5, 5.41) is 8.16. The first-order valence-corrected chi connectivity index (χ1v) is 9.20. The molecule has 2 aromatic carbocycles. The van der Waals surface area contributed by atoms with E-state index < -0.39 is 5.97 Å². The molecule has 0 spiro atoms. The second kappa shape index (κ2) is 8.31. The lowest BCUT2D eigenvalue weighted by molar-refractivity contribution is 0.0726. The van der Waals surface area contributed by atoms with E-state index in [4.69, 9.17) is 14.2 Å². The van der Waals surface area contributed by atoms with Gasteiger partial charge in [-0.1, -0.05) is 32.9 Å². The van der Waals surface area contributed by atoms with Gasteiger partial charge in [-0.05, 0) is 47.4 Å². The van der Waals surface area contributed by atoms with Crippen molar-refractivity contribution in [1.82, 2.24) is 10.2 Å². The van der Waals surface area contributed by atoms with E-state index in [0.29, 0.717) is 22.8 Å². The first kappa shape index (κ1) is 20.3. The molecule has 0 saturated carbocycles. The van der Waals surface area contributed by atoms with Gasteiger partial charge in [0, 0.05) is 11.6 Å². The van der Waals surface area contributed by atoms with Crippen LogP contribution in [0, 0.1) is 0 Å². The van der Waals surface area contributed by atoms with Crippen molar-refractivity contribution in [3.05, 3.63) is 65.7 Å². The van der Waals surface area contributed by atoms with E-state index in [0.717, 1.165) is 11.1 Å². The van der Waals surface area contributed by atoms with Gasteiger partial charge in [-0.3, -0.25) is 0 Å². The summed E-state index contributed by atoms with van der Waals surface area (Å²) >= 11 is 0. The summed E-state index contributed by atoms with van der Waals surface area (Å²) in [5.74, 6) is 0.894. The highest BCUT2D eigenvalue weighted by Gasteiger charge is 2.16. The summed E-state index contributed by atoms with van der Waals surface area (Å²) < 4.78 is 15.9. The molecule has 0 amide bonds. The largest absolute Gasteiger partial charge is 0.493 e. The maximum atomic E-state index is 12.4. The van der Waals surface area contributed by atoms with Crippen LogP contribution in [-0.2, 0) is 5.41 Å². The van der Waals surface area contributed by atoms with Crippen molar-refractivity contribution in [2.75, 3.05) is 14.2 Å². The van der Waals surface area contributed by atoms with Crippen LogP contribution in [0.2, 0.25) is 0 Å². The van der Waals surface area contributed by atoms with Gasteiger partial charge in [-0.2, -0.15) is 0 Å². The summed E-state index contributed by atoms with van der Waals surface area (Å²) in [7, 11) is 3.15. The third kappa shape index (κ3) is 4.71. The number of carbonyl (C=O) groups is 1. The minimum atomic E-state index is -0.473. The fourth-order valence-electron chi connectivity index (χ4n) is 2.78. The third-order valence-corrected chi connectivity index (χ3v) is 4.50. The van der Waals surface area contributed by atoms with Gasteiger partial charge >= 0.3 is 5.97 Å². The number of hydrogen-bond donors (Lipinski definition) is 0. The Labute approximate surface area is 170 Å². The predicted molar refractivity (Wildman–Crippen MR) is 111 cm³/mol. The summed E-state index contributed by atoms with van der Waals surface area (Å²) in [6.07, 6.45) is 0. The fourth-order valence-corrected chi connectivity index (χ4v) is 2.78. The zero-order valence-electron chi connectivity index (χ0n) is 17.2. The van der Waals surface area contributed by atoms with E-state index in [1.807, 2.05) is 24.3 Å². The molecule has 0 atom stereocenters. The van der Waals surface area contributed by atoms with E-state index in [9.17, 15) is 4.79 Å². The Balaban J connectivity index is 1.73. The van der Waals surface area contributed by atoms with Crippen molar-refractivity contribution in [2.45, 2.75) is 26.2 Å². The summed E-state index contributed by atoms with van der Waals surface area (Å²) in [6.45, 7) is 6.36. The summed E-state index contributed by atoms with van der Waals surface area (Å²) in [5.41, 5.74) is 3.07. The zero-order valence-corrected chi connectivity index (χ0v) is 17.2. The molecule has 1 heterocycles.